The molecule has 2 amide bonds. The third-order valence-corrected chi connectivity index (χ3v) is 4.92. The van der Waals surface area contributed by atoms with E-state index < -0.39 is 0 Å². The minimum absolute atomic E-state index is 0.203. The summed E-state index contributed by atoms with van der Waals surface area (Å²) < 4.78 is 5.39. The molecule has 3 rings (SSSR count). The number of anilines is 1. The monoisotopic (exact) mass is 305 g/mol. The van der Waals surface area contributed by atoms with Gasteiger partial charge in [0.05, 0.1) is 12.6 Å². The number of hydrogen-bond donors (Lipinski definition) is 1. The van der Waals surface area contributed by atoms with Crippen molar-refractivity contribution >= 4 is 12.0 Å². The summed E-state index contributed by atoms with van der Waals surface area (Å²) in [5.41, 5.74) is 5.59. The highest BCUT2D eigenvalue weighted by molar-refractivity contribution is 5.72. The SMILES string of the molecule is COC[C@H]1CC2(CCN(C(N)=O)CC2)CN1c1ncccn1. The normalized spacial score (nSPS) is 24.0. The molecule has 0 bridgehead atoms. The first-order valence-electron chi connectivity index (χ1n) is 7.70. The molecule has 7 nitrogen and oxygen atoms in total. The lowest BCUT2D eigenvalue weighted by Gasteiger charge is -2.38. The highest BCUT2D eigenvalue weighted by Gasteiger charge is 2.46. The zero-order chi connectivity index (χ0) is 15.6. The van der Waals surface area contributed by atoms with Gasteiger partial charge in [-0.3, -0.25) is 0 Å². The first-order valence-corrected chi connectivity index (χ1v) is 7.70. The third kappa shape index (κ3) is 2.85. The van der Waals surface area contributed by atoms with E-state index >= 15 is 0 Å². The quantitative estimate of drug-likeness (QED) is 0.895. The molecule has 2 aliphatic rings. The third-order valence-electron chi connectivity index (χ3n) is 4.92. The summed E-state index contributed by atoms with van der Waals surface area (Å²) in [6, 6.07) is 1.79. The molecule has 0 saturated carbocycles. The maximum absolute atomic E-state index is 11.3. The lowest BCUT2D eigenvalue weighted by atomic mass is 9.77. The number of nitrogens with two attached hydrogens (primary N) is 1. The zero-order valence-electron chi connectivity index (χ0n) is 12.9. The summed E-state index contributed by atoms with van der Waals surface area (Å²) in [4.78, 5) is 24.1. The smallest absolute Gasteiger partial charge is 0.314 e. The van der Waals surface area contributed by atoms with Crippen LogP contribution in [0.25, 0.3) is 0 Å². The van der Waals surface area contributed by atoms with Crippen molar-refractivity contribution in [2.45, 2.75) is 25.3 Å². The molecule has 0 unspecified atom stereocenters. The number of rotatable bonds is 3. The molecule has 2 N–H and O–H groups in total. The molecule has 120 valence electrons. The van der Waals surface area contributed by atoms with E-state index in [2.05, 4.69) is 14.9 Å². The second-order valence-electron chi connectivity index (χ2n) is 6.32. The van der Waals surface area contributed by atoms with Crippen LogP contribution in [0.5, 0.6) is 0 Å². The summed E-state index contributed by atoms with van der Waals surface area (Å²) >= 11 is 0. The summed E-state index contributed by atoms with van der Waals surface area (Å²) in [5.74, 6) is 0.763. The van der Waals surface area contributed by atoms with E-state index in [0.29, 0.717) is 6.61 Å². The summed E-state index contributed by atoms with van der Waals surface area (Å²) in [6.45, 7) is 3.05. The van der Waals surface area contributed by atoms with Gasteiger partial charge in [-0.1, -0.05) is 0 Å². The Morgan fingerprint density at radius 3 is 2.68 bits per heavy atom. The van der Waals surface area contributed by atoms with Crippen molar-refractivity contribution in [1.82, 2.24) is 14.9 Å². The maximum Gasteiger partial charge on any atom is 0.314 e. The van der Waals surface area contributed by atoms with E-state index in [1.165, 1.54) is 0 Å². The minimum atomic E-state index is -0.315. The highest BCUT2D eigenvalue weighted by atomic mass is 16.5. The Labute approximate surface area is 130 Å². The average molecular weight is 305 g/mol. The topological polar surface area (TPSA) is 84.6 Å². The number of carbonyl (C=O) groups excluding carboxylic acids is 1. The van der Waals surface area contributed by atoms with Crippen LogP contribution in [0, 0.1) is 5.41 Å². The Balaban J connectivity index is 1.75. The molecule has 22 heavy (non-hydrogen) atoms. The second-order valence-corrected chi connectivity index (χ2v) is 6.32. The van der Waals surface area contributed by atoms with Crippen molar-refractivity contribution < 1.29 is 9.53 Å². The van der Waals surface area contributed by atoms with Crippen LogP contribution in [0.15, 0.2) is 18.5 Å². The molecule has 1 aromatic rings. The molecule has 1 spiro atoms. The Hall–Kier alpha value is -1.89. The summed E-state index contributed by atoms with van der Waals surface area (Å²) in [7, 11) is 1.73. The molecule has 1 aromatic heterocycles. The number of amides is 2. The van der Waals surface area contributed by atoms with Crippen LogP contribution < -0.4 is 10.6 Å². The van der Waals surface area contributed by atoms with Gasteiger partial charge in [-0.15, -0.1) is 0 Å². The van der Waals surface area contributed by atoms with E-state index in [1.807, 2.05) is 6.07 Å². The van der Waals surface area contributed by atoms with Crippen LogP contribution in [-0.2, 0) is 4.74 Å². The lowest BCUT2D eigenvalue weighted by molar-refractivity contribution is 0.124. The number of piperidine rings is 1. The van der Waals surface area contributed by atoms with Crippen molar-refractivity contribution in [3.05, 3.63) is 18.5 Å². The predicted molar refractivity (Wildman–Crippen MR) is 82.5 cm³/mol. The predicted octanol–water partition coefficient (Wildman–Crippen LogP) is 0.863. The van der Waals surface area contributed by atoms with Crippen LogP contribution in [-0.4, -0.2) is 60.3 Å². The maximum atomic E-state index is 11.3. The number of urea groups is 1. The first kappa shape index (κ1) is 15.0. The number of hydrogen-bond acceptors (Lipinski definition) is 5. The lowest BCUT2D eigenvalue weighted by Crippen LogP contribution is -2.46. The Morgan fingerprint density at radius 2 is 2.09 bits per heavy atom. The number of carbonyl (C=O) groups is 1. The average Bonchev–Trinajstić information content (AvgIpc) is 2.87. The van der Waals surface area contributed by atoms with E-state index in [1.54, 1.807) is 24.4 Å². The van der Waals surface area contributed by atoms with Crippen LogP contribution >= 0.6 is 0 Å². The van der Waals surface area contributed by atoms with Crippen LogP contribution in [0.1, 0.15) is 19.3 Å². The molecular weight excluding hydrogens is 282 g/mol. The molecule has 2 fully saturated rings. The van der Waals surface area contributed by atoms with Crippen molar-refractivity contribution in [1.29, 1.82) is 0 Å². The van der Waals surface area contributed by atoms with E-state index in [9.17, 15) is 4.79 Å². The zero-order valence-corrected chi connectivity index (χ0v) is 12.9. The van der Waals surface area contributed by atoms with Crippen molar-refractivity contribution in [2.24, 2.45) is 11.1 Å². The molecule has 3 heterocycles. The largest absolute Gasteiger partial charge is 0.383 e. The molecule has 0 aromatic carbocycles. The fourth-order valence-electron chi connectivity index (χ4n) is 3.74. The Kier molecular flexibility index (Phi) is 4.15. The number of primary amides is 1. The van der Waals surface area contributed by atoms with Gasteiger partial charge in [0.15, 0.2) is 0 Å². The van der Waals surface area contributed by atoms with Gasteiger partial charge in [-0.05, 0) is 30.7 Å². The molecule has 0 aliphatic carbocycles. The molecule has 2 saturated heterocycles. The first-order chi connectivity index (χ1) is 10.6. The summed E-state index contributed by atoms with van der Waals surface area (Å²) in [5, 5.41) is 0. The van der Waals surface area contributed by atoms with Gasteiger partial charge >= 0.3 is 6.03 Å². The minimum Gasteiger partial charge on any atom is -0.383 e. The van der Waals surface area contributed by atoms with Gasteiger partial charge in [0.25, 0.3) is 0 Å². The van der Waals surface area contributed by atoms with Gasteiger partial charge in [0.2, 0.25) is 5.95 Å². The van der Waals surface area contributed by atoms with Crippen molar-refractivity contribution in [3.63, 3.8) is 0 Å². The molecule has 0 radical (unpaired) electrons. The van der Waals surface area contributed by atoms with Gasteiger partial charge in [0.1, 0.15) is 0 Å². The Morgan fingerprint density at radius 1 is 1.41 bits per heavy atom. The number of likely N-dealkylation sites (tertiary alicyclic amines) is 1. The van der Waals surface area contributed by atoms with Gasteiger partial charge < -0.3 is 20.3 Å². The van der Waals surface area contributed by atoms with Crippen LogP contribution in [0.4, 0.5) is 10.7 Å². The fourth-order valence-corrected chi connectivity index (χ4v) is 3.74. The number of ether oxygens (including phenoxy) is 1. The van der Waals surface area contributed by atoms with Gasteiger partial charge in [0, 0.05) is 39.1 Å². The molecule has 2 aliphatic heterocycles. The van der Waals surface area contributed by atoms with Crippen LogP contribution in [0.3, 0.4) is 0 Å². The fraction of sp³-hybridized carbons (Fsp3) is 0.667. The van der Waals surface area contributed by atoms with Crippen molar-refractivity contribution in [2.75, 3.05) is 38.3 Å². The Bertz CT molecular complexity index is 516. The number of nitrogens with zero attached hydrogens (tertiary/aromatic N) is 4. The van der Waals surface area contributed by atoms with E-state index in [4.69, 9.17) is 10.5 Å². The molecule has 7 heteroatoms. The van der Waals surface area contributed by atoms with Crippen molar-refractivity contribution in [3.8, 4) is 0 Å². The number of aromatic nitrogens is 2. The van der Waals surface area contributed by atoms with Gasteiger partial charge in [-0.2, -0.15) is 0 Å². The highest BCUT2D eigenvalue weighted by Crippen LogP contribution is 2.44. The molecular formula is C15H23N5O2. The van der Waals surface area contributed by atoms with Crippen LogP contribution in [0.2, 0.25) is 0 Å². The van der Waals surface area contributed by atoms with E-state index in [0.717, 1.165) is 44.8 Å². The van der Waals surface area contributed by atoms with Gasteiger partial charge in [-0.25, -0.2) is 14.8 Å². The summed E-state index contributed by atoms with van der Waals surface area (Å²) in [6.07, 6.45) is 6.53. The second kappa shape index (κ2) is 6.08. The van der Waals surface area contributed by atoms with E-state index in [-0.39, 0.29) is 17.5 Å². The molecule has 1 atom stereocenters. The number of methoxy groups -OCH3 is 1. The standard InChI is InChI=1S/C15H23N5O2/c1-22-10-12-9-15(3-7-19(8-4-15)13(16)21)11-20(12)14-17-5-2-6-18-14/h2,5-6,12H,3-4,7-11H2,1H3,(H2,16,21)/t12-/m1/s1.